The van der Waals surface area contributed by atoms with Crippen molar-refractivity contribution < 1.29 is 0 Å². The second kappa shape index (κ2) is 14.1. The number of hydrogen-bond acceptors (Lipinski definition) is 2. The Bertz CT molecular complexity index is 2700. The number of rotatable bonds is 6. The monoisotopic (exact) mass is 717 g/mol. The van der Waals surface area contributed by atoms with E-state index in [9.17, 15) is 0 Å². The van der Waals surface area contributed by atoms with Gasteiger partial charge in [-0.15, -0.1) is 0 Å². The van der Waals surface area contributed by atoms with Crippen molar-refractivity contribution in [1.82, 2.24) is 9.97 Å². The molecule has 1 spiro atoms. The summed E-state index contributed by atoms with van der Waals surface area (Å²) in [5.41, 5.74) is 18.3. The normalized spacial score (nSPS) is 13.8. The molecule has 56 heavy (non-hydrogen) atoms. The van der Waals surface area contributed by atoms with Crippen LogP contribution in [0.1, 0.15) is 43.2 Å². The van der Waals surface area contributed by atoms with Crippen molar-refractivity contribution in [3.05, 3.63) is 198 Å². The summed E-state index contributed by atoms with van der Waals surface area (Å²) in [6.07, 6.45) is 6.06. The highest BCUT2D eigenvalue weighted by Crippen LogP contribution is 2.57. The predicted octanol–water partition coefficient (Wildman–Crippen LogP) is 14.3. The molecule has 2 aliphatic carbocycles. The SMILES string of the molecule is [C-]#[N+]c1ccc2c(c1)C1(CCCCC1)c1cc(-c3ccc(-c4cccc(-c5ccc(-c6cc(-c7ccccc7)nc(-c7ccccc7)n6)cc5)c4)cc3)ccc1-2. The van der Waals surface area contributed by atoms with Crippen LogP contribution >= 0.6 is 0 Å². The van der Waals surface area contributed by atoms with Crippen LogP contribution in [-0.2, 0) is 5.41 Å². The van der Waals surface area contributed by atoms with E-state index in [1.54, 1.807) is 0 Å². The molecule has 266 valence electrons. The average Bonchev–Trinajstić information content (AvgIpc) is 3.54. The maximum atomic E-state index is 7.67. The van der Waals surface area contributed by atoms with Gasteiger partial charge in [-0.3, -0.25) is 0 Å². The lowest BCUT2D eigenvalue weighted by Crippen LogP contribution is -2.28. The summed E-state index contributed by atoms with van der Waals surface area (Å²) in [4.78, 5) is 13.8. The second-order valence-corrected chi connectivity index (χ2v) is 15.2. The molecule has 0 unspecified atom stereocenters. The third-order valence-electron chi connectivity index (χ3n) is 11.9. The zero-order valence-corrected chi connectivity index (χ0v) is 31.1. The van der Waals surface area contributed by atoms with Gasteiger partial charge in [0.1, 0.15) is 0 Å². The molecule has 0 amide bonds. The molecule has 1 heterocycles. The summed E-state index contributed by atoms with van der Waals surface area (Å²) in [5.74, 6) is 0.718. The van der Waals surface area contributed by atoms with Crippen LogP contribution < -0.4 is 0 Å². The fraction of sp³-hybridized carbons (Fsp3) is 0.113. The zero-order chi connectivity index (χ0) is 37.5. The minimum absolute atomic E-state index is 0.0171. The first-order valence-corrected chi connectivity index (χ1v) is 19.6. The molecule has 3 heteroatoms. The molecular weight excluding hydrogens is 679 g/mol. The topological polar surface area (TPSA) is 30.1 Å². The van der Waals surface area contributed by atoms with Gasteiger partial charge in [-0.25, -0.2) is 14.8 Å². The van der Waals surface area contributed by atoms with Crippen LogP contribution in [0.2, 0.25) is 0 Å². The van der Waals surface area contributed by atoms with Crippen molar-refractivity contribution in [3.8, 4) is 78.4 Å². The Kier molecular flexibility index (Phi) is 8.46. The minimum Gasteiger partial charge on any atom is -0.238 e. The quantitative estimate of drug-likeness (QED) is 0.160. The third-order valence-corrected chi connectivity index (χ3v) is 11.9. The minimum atomic E-state index is 0.0171. The molecule has 7 aromatic carbocycles. The predicted molar refractivity (Wildman–Crippen MR) is 230 cm³/mol. The van der Waals surface area contributed by atoms with Gasteiger partial charge in [-0.2, -0.15) is 0 Å². The number of hydrogen-bond donors (Lipinski definition) is 0. The standard InChI is InChI=1S/C53H39N3/c1-54-45-27-29-47-46-28-26-44(33-48(46)53(49(47)34-45)30-9-4-10-31-53)38-20-18-36(19-21-38)42-16-11-17-43(32-42)37-22-24-40(25-23-37)51-35-50(39-12-5-2-6-13-39)55-52(56-51)41-14-7-3-8-15-41/h2-3,5-8,11-29,32-35H,4,9-10,30-31H2. The lowest BCUT2D eigenvalue weighted by molar-refractivity contribution is 0.353. The second-order valence-electron chi connectivity index (χ2n) is 15.2. The van der Waals surface area contributed by atoms with Crippen LogP contribution in [0.25, 0.3) is 83.3 Å². The van der Waals surface area contributed by atoms with E-state index >= 15 is 0 Å². The lowest BCUT2D eigenvalue weighted by atomic mass is 9.67. The summed E-state index contributed by atoms with van der Waals surface area (Å²) in [6.45, 7) is 7.67. The summed E-state index contributed by atoms with van der Waals surface area (Å²) >= 11 is 0. The van der Waals surface area contributed by atoms with E-state index in [0.717, 1.165) is 58.0 Å². The molecule has 1 saturated carbocycles. The molecule has 0 atom stereocenters. The Labute approximate surface area is 328 Å². The molecule has 3 nitrogen and oxygen atoms in total. The Balaban J connectivity index is 0.926. The fourth-order valence-corrected chi connectivity index (χ4v) is 9.06. The number of nitrogens with zero attached hydrogens (tertiary/aromatic N) is 3. The number of benzene rings is 7. The smallest absolute Gasteiger partial charge is 0.187 e. The molecule has 2 aliphatic rings. The van der Waals surface area contributed by atoms with Crippen LogP contribution in [0.4, 0.5) is 5.69 Å². The van der Waals surface area contributed by atoms with Gasteiger partial charge in [0, 0.05) is 22.1 Å². The first-order chi connectivity index (χ1) is 27.6. The fourth-order valence-electron chi connectivity index (χ4n) is 9.06. The maximum Gasteiger partial charge on any atom is 0.187 e. The van der Waals surface area contributed by atoms with Crippen LogP contribution in [0.3, 0.4) is 0 Å². The highest BCUT2D eigenvalue weighted by Gasteiger charge is 2.43. The van der Waals surface area contributed by atoms with Crippen molar-refractivity contribution in [1.29, 1.82) is 0 Å². The summed E-state index contributed by atoms with van der Waals surface area (Å²) < 4.78 is 0. The van der Waals surface area contributed by atoms with E-state index in [1.807, 2.05) is 42.5 Å². The number of aromatic nitrogens is 2. The average molecular weight is 718 g/mol. The van der Waals surface area contributed by atoms with Gasteiger partial charge in [0.15, 0.2) is 11.5 Å². The van der Waals surface area contributed by atoms with Crippen molar-refractivity contribution in [2.24, 2.45) is 0 Å². The highest BCUT2D eigenvalue weighted by molar-refractivity contribution is 5.86. The Morgan fingerprint density at radius 3 is 1.45 bits per heavy atom. The molecule has 0 bridgehead atoms. The van der Waals surface area contributed by atoms with Gasteiger partial charge in [-0.1, -0.05) is 177 Å². The van der Waals surface area contributed by atoms with E-state index in [2.05, 4.69) is 138 Å². The molecule has 0 radical (unpaired) electrons. The zero-order valence-electron chi connectivity index (χ0n) is 31.1. The van der Waals surface area contributed by atoms with Gasteiger partial charge >= 0.3 is 0 Å². The molecule has 1 aromatic heterocycles. The van der Waals surface area contributed by atoms with Gasteiger partial charge in [-0.05, 0) is 86.7 Å². The summed E-state index contributed by atoms with van der Waals surface area (Å²) in [6, 6.07) is 62.5. The molecule has 0 aliphatic heterocycles. The molecular formula is C53H39N3. The van der Waals surface area contributed by atoms with Crippen LogP contribution in [-0.4, -0.2) is 9.97 Å². The van der Waals surface area contributed by atoms with Crippen LogP contribution in [0.15, 0.2) is 176 Å². The first kappa shape index (κ1) is 33.7. The van der Waals surface area contributed by atoms with E-state index in [-0.39, 0.29) is 5.41 Å². The third kappa shape index (κ3) is 6.01. The molecule has 10 rings (SSSR count). The first-order valence-electron chi connectivity index (χ1n) is 19.6. The maximum absolute atomic E-state index is 7.67. The Morgan fingerprint density at radius 1 is 0.393 bits per heavy atom. The largest absolute Gasteiger partial charge is 0.238 e. The van der Waals surface area contributed by atoms with Crippen molar-refractivity contribution in [2.75, 3.05) is 0 Å². The Morgan fingerprint density at radius 2 is 0.857 bits per heavy atom. The molecule has 1 fully saturated rings. The molecule has 8 aromatic rings. The molecule has 0 saturated heterocycles. The van der Waals surface area contributed by atoms with Gasteiger partial charge in [0.25, 0.3) is 0 Å². The lowest BCUT2D eigenvalue weighted by Gasteiger charge is -2.36. The Hall–Kier alpha value is -6.89. The van der Waals surface area contributed by atoms with E-state index in [1.165, 1.54) is 69.3 Å². The van der Waals surface area contributed by atoms with Gasteiger partial charge in [0.05, 0.1) is 18.0 Å². The van der Waals surface area contributed by atoms with E-state index < -0.39 is 0 Å². The van der Waals surface area contributed by atoms with Gasteiger partial charge in [0.2, 0.25) is 0 Å². The van der Waals surface area contributed by atoms with E-state index in [0.29, 0.717) is 0 Å². The summed E-state index contributed by atoms with van der Waals surface area (Å²) in [5, 5.41) is 0. The van der Waals surface area contributed by atoms with Crippen LogP contribution in [0.5, 0.6) is 0 Å². The molecule has 0 N–H and O–H groups in total. The summed E-state index contributed by atoms with van der Waals surface area (Å²) in [7, 11) is 0. The van der Waals surface area contributed by atoms with Crippen molar-refractivity contribution in [3.63, 3.8) is 0 Å². The van der Waals surface area contributed by atoms with Crippen molar-refractivity contribution in [2.45, 2.75) is 37.5 Å². The van der Waals surface area contributed by atoms with Gasteiger partial charge < -0.3 is 0 Å². The van der Waals surface area contributed by atoms with Crippen LogP contribution in [0, 0.1) is 6.57 Å². The van der Waals surface area contributed by atoms with Crippen molar-refractivity contribution >= 4 is 5.69 Å². The number of fused-ring (bicyclic) bond motifs is 5. The highest BCUT2D eigenvalue weighted by atomic mass is 14.9. The van der Waals surface area contributed by atoms with E-state index in [4.69, 9.17) is 16.5 Å².